The van der Waals surface area contributed by atoms with Crippen LogP contribution in [0.2, 0.25) is 0 Å². The number of rotatable bonds is 3. The highest BCUT2D eigenvalue weighted by Crippen LogP contribution is 2.53. The van der Waals surface area contributed by atoms with Crippen molar-refractivity contribution in [1.29, 1.82) is 0 Å². The van der Waals surface area contributed by atoms with Crippen molar-refractivity contribution in [3.05, 3.63) is 60.2 Å². The van der Waals surface area contributed by atoms with E-state index in [1.807, 2.05) is 18.2 Å². The fourth-order valence-corrected chi connectivity index (χ4v) is 6.87. The average molecular weight is 298 g/mol. The van der Waals surface area contributed by atoms with Crippen molar-refractivity contribution >= 4 is 17.8 Å². The Morgan fingerprint density at radius 3 is 2.00 bits per heavy atom. The Labute approximate surface area is 127 Å². The van der Waals surface area contributed by atoms with E-state index in [9.17, 15) is 4.57 Å². The largest absolute Gasteiger partial charge is 0.313 e. The number of benzene rings is 2. The van der Waals surface area contributed by atoms with Crippen LogP contribution in [-0.2, 0) is 4.57 Å². The maximum atomic E-state index is 14.1. The monoisotopic (exact) mass is 298 g/mol. The number of hydrogen-bond donors (Lipinski definition) is 0. The summed E-state index contributed by atoms with van der Waals surface area (Å²) in [6.45, 7) is 2.08. The minimum absolute atomic E-state index is 0.316. The molecule has 1 atom stereocenters. The van der Waals surface area contributed by atoms with Gasteiger partial charge >= 0.3 is 0 Å². The van der Waals surface area contributed by atoms with Crippen LogP contribution < -0.4 is 10.6 Å². The van der Waals surface area contributed by atoms with Crippen molar-refractivity contribution in [2.24, 2.45) is 0 Å². The third kappa shape index (κ3) is 2.85. The Balaban J connectivity index is 2.10. The van der Waals surface area contributed by atoms with Crippen molar-refractivity contribution in [1.82, 2.24) is 0 Å². The summed E-state index contributed by atoms with van der Waals surface area (Å²) < 4.78 is 14.1. The highest BCUT2D eigenvalue weighted by Gasteiger charge is 2.36. The average Bonchev–Trinajstić information content (AvgIpc) is 2.56. The normalized spacial score (nSPS) is 19.1. The van der Waals surface area contributed by atoms with E-state index in [2.05, 4.69) is 43.3 Å². The van der Waals surface area contributed by atoms with Gasteiger partial charge in [-0.1, -0.05) is 79.4 Å². The first-order chi connectivity index (χ1) is 10.2. The Hall–Kier alpha value is -1.33. The van der Waals surface area contributed by atoms with Crippen molar-refractivity contribution < 1.29 is 4.57 Å². The van der Waals surface area contributed by atoms with Crippen LogP contribution in [0.15, 0.2) is 54.6 Å². The minimum atomic E-state index is -2.52. The van der Waals surface area contributed by atoms with E-state index in [4.69, 9.17) is 0 Å². The molecule has 1 aliphatic carbocycles. The minimum Gasteiger partial charge on any atom is -0.313 e. The molecule has 0 amide bonds. The molecule has 2 aromatic rings. The zero-order chi connectivity index (χ0) is 14.7. The molecule has 3 rings (SSSR count). The lowest BCUT2D eigenvalue weighted by Crippen LogP contribution is -2.27. The lowest BCUT2D eigenvalue weighted by molar-refractivity contribution is 0.490. The highest BCUT2D eigenvalue weighted by molar-refractivity contribution is 7.79. The molecule has 21 heavy (non-hydrogen) atoms. The first-order valence-corrected chi connectivity index (χ1v) is 9.71. The standard InChI is InChI=1S/C19H23OP/c1-16-12-14-19(15-13-16)21(20,17-8-4-2-5-9-17)18-10-6-3-7-11-18/h2,4-5,8-9,12-15,18H,3,6-7,10-11H2,1H3. The van der Waals surface area contributed by atoms with Crippen molar-refractivity contribution in [2.75, 3.05) is 0 Å². The van der Waals surface area contributed by atoms with E-state index >= 15 is 0 Å². The van der Waals surface area contributed by atoms with Crippen molar-refractivity contribution in [3.63, 3.8) is 0 Å². The van der Waals surface area contributed by atoms with Crippen LogP contribution >= 0.6 is 7.14 Å². The molecule has 1 fully saturated rings. The lowest BCUT2D eigenvalue weighted by atomic mass is 10.0. The number of aryl methyl sites for hydroxylation is 1. The fraction of sp³-hybridized carbons (Fsp3) is 0.368. The van der Waals surface area contributed by atoms with Gasteiger partial charge in [0.1, 0.15) is 7.14 Å². The molecule has 1 aliphatic rings. The maximum Gasteiger partial charge on any atom is 0.146 e. The van der Waals surface area contributed by atoms with Crippen LogP contribution in [0, 0.1) is 6.92 Å². The first-order valence-electron chi connectivity index (χ1n) is 7.94. The quantitative estimate of drug-likeness (QED) is 0.754. The topological polar surface area (TPSA) is 17.1 Å². The predicted molar refractivity (Wildman–Crippen MR) is 91.4 cm³/mol. The molecule has 2 heteroatoms. The summed E-state index contributed by atoms with van der Waals surface area (Å²) in [5.74, 6) is 0. The van der Waals surface area contributed by atoms with Gasteiger partial charge < -0.3 is 4.57 Å². The molecule has 1 nitrogen and oxygen atoms in total. The molecule has 0 aliphatic heterocycles. The molecule has 0 aromatic heterocycles. The lowest BCUT2D eigenvalue weighted by Gasteiger charge is -2.31. The van der Waals surface area contributed by atoms with E-state index in [1.165, 1.54) is 24.8 Å². The second kappa shape index (κ2) is 6.20. The van der Waals surface area contributed by atoms with Crippen LogP contribution in [0.1, 0.15) is 37.7 Å². The molecule has 0 heterocycles. The van der Waals surface area contributed by atoms with E-state index in [1.54, 1.807) is 0 Å². The van der Waals surface area contributed by atoms with Gasteiger partial charge in [-0.05, 0) is 19.8 Å². The van der Waals surface area contributed by atoms with E-state index in [-0.39, 0.29) is 0 Å². The molecule has 1 saturated carbocycles. The molecule has 0 bridgehead atoms. The Bertz CT molecular complexity index is 624. The van der Waals surface area contributed by atoms with Gasteiger partial charge in [-0.2, -0.15) is 0 Å². The van der Waals surface area contributed by atoms with Gasteiger partial charge in [0.15, 0.2) is 0 Å². The Morgan fingerprint density at radius 1 is 0.810 bits per heavy atom. The molecule has 0 N–H and O–H groups in total. The number of hydrogen-bond acceptors (Lipinski definition) is 1. The summed E-state index contributed by atoms with van der Waals surface area (Å²) in [4.78, 5) is 0. The fourth-order valence-electron chi connectivity index (χ4n) is 3.43. The third-order valence-electron chi connectivity index (χ3n) is 4.65. The molecule has 0 saturated heterocycles. The van der Waals surface area contributed by atoms with E-state index in [0.717, 1.165) is 23.5 Å². The van der Waals surface area contributed by atoms with Crippen LogP contribution in [0.5, 0.6) is 0 Å². The molecular weight excluding hydrogens is 275 g/mol. The zero-order valence-electron chi connectivity index (χ0n) is 12.7. The van der Waals surface area contributed by atoms with Gasteiger partial charge in [0.2, 0.25) is 0 Å². The van der Waals surface area contributed by atoms with Gasteiger partial charge in [-0.25, -0.2) is 0 Å². The van der Waals surface area contributed by atoms with Gasteiger partial charge in [0.25, 0.3) is 0 Å². The summed E-state index contributed by atoms with van der Waals surface area (Å²) >= 11 is 0. The van der Waals surface area contributed by atoms with Crippen LogP contribution in [0.3, 0.4) is 0 Å². The van der Waals surface area contributed by atoms with Gasteiger partial charge in [-0.15, -0.1) is 0 Å². The van der Waals surface area contributed by atoms with Crippen LogP contribution in [0.25, 0.3) is 0 Å². The second-order valence-corrected chi connectivity index (χ2v) is 9.20. The zero-order valence-corrected chi connectivity index (χ0v) is 13.6. The summed E-state index contributed by atoms with van der Waals surface area (Å²) in [5, 5.41) is 2.06. The van der Waals surface area contributed by atoms with Crippen LogP contribution in [0.4, 0.5) is 0 Å². The highest BCUT2D eigenvalue weighted by atomic mass is 31.2. The summed E-state index contributed by atoms with van der Waals surface area (Å²) in [7, 11) is -2.52. The van der Waals surface area contributed by atoms with Gasteiger partial charge in [0.05, 0.1) is 0 Å². The third-order valence-corrected chi connectivity index (χ3v) is 8.32. The molecule has 1 unspecified atom stereocenters. The predicted octanol–water partition coefficient (Wildman–Crippen LogP) is 4.64. The molecule has 2 aromatic carbocycles. The summed E-state index contributed by atoms with van der Waals surface area (Å²) in [5.41, 5.74) is 1.54. The molecule has 0 radical (unpaired) electrons. The molecule has 0 spiro atoms. The van der Waals surface area contributed by atoms with Gasteiger partial charge in [0, 0.05) is 16.3 Å². The van der Waals surface area contributed by atoms with E-state index < -0.39 is 7.14 Å². The second-order valence-electron chi connectivity index (χ2n) is 6.12. The molecular formula is C19H23OP. The smallest absolute Gasteiger partial charge is 0.146 e. The van der Waals surface area contributed by atoms with Crippen LogP contribution in [-0.4, -0.2) is 5.66 Å². The summed E-state index contributed by atoms with van der Waals surface area (Å²) in [6.07, 6.45) is 5.92. The van der Waals surface area contributed by atoms with Gasteiger partial charge in [-0.3, -0.25) is 0 Å². The van der Waals surface area contributed by atoms with E-state index in [0.29, 0.717) is 5.66 Å². The van der Waals surface area contributed by atoms with Crippen molar-refractivity contribution in [3.8, 4) is 0 Å². The Kier molecular flexibility index (Phi) is 4.31. The Morgan fingerprint density at radius 2 is 1.38 bits per heavy atom. The molecule has 110 valence electrons. The van der Waals surface area contributed by atoms with Crippen molar-refractivity contribution in [2.45, 2.75) is 44.7 Å². The SMILES string of the molecule is Cc1ccc(P(=O)(c2ccccc2)C2CCCCC2)cc1. The maximum absolute atomic E-state index is 14.1. The summed E-state index contributed by atoms with van der Waals surface area (Å²) in [6, 6.07) is 18.5. The first kappa shape index (κ1) is 14.6.